The van der Waals surface area contributed by atoms with Crippen LogP contribution in [0.25, 0.3) is 22.0 Å². The van der Waals surface area contributed by atoms with Gasteiger partial charge < -0.3 is 14.8 Å². The molecule has 0 saturated heterocycles. The van der Waals surface area contributed by atoms with Crippen molar-refractivity contribution >= 4 is 32.1 Å². The summed E-state index contributed by atoms with van der Waals surface area (Å²) in [7, 11) is -3.97. The van der Waals surface area contributed by atoms with Gasteiger partial charge in [-0.25, -0.2) is 17.5 Å². The van der Waals surface area contributed by atoms with E-state index in [-0.39, 0.29) is 4.90 Å². The predicted octanol–water partition coefficient (Wildman–Crippen LogP) is 4.40. The standard InChI is InChI=1S/C29H26FN3O5S/c30-25(17-31-28(34)18-39(35,36)23-10-11-26-27(15-23)38-13-12-37-26)24-7-3-6-21-16-32-33(29(21)24)22-9-8-19-4-1-2-5-20(19)14-22/h1-2,4-5,8-11,14-16H,3,6-7,12-13,17-18H2,(H,31,34)/b25-24-. The topological polar surface area (TPSA) is 99.5 Å². The molecule has 0 spiro atoms. The number of hydrogen-bond acceptors (Lipinski definition) is 6. The smallest absolute Gasteiger partial charge is 0.235 e. The van der Waals surface area contributed by atoms with Crippen molar-refractivity contribution in [3.05, 3.63) is 83.9 Å². The molecule has 0 bridgehead atoms. The number of nitrogens with one attached hydrogen (secondary N) is 1. The van der Waals surface area contributed by atoms with Crippen molar-refractivity contribution < 1.29 is 27.1 Å². The molecule has 1 amide bonds. The largest absolute Gasteiger partial charge is 0.486 e. The first kappa shape index (κ1) is 25.1. The van der Waals surface area contributed by atoms with E-state index >= 15 is 4.39 Å². The third-order valence-corrected chi connectivity index (χ3v) is 8.56. The molecule has 10 heteroatoms. The Balaban J connectivity index is 1.20. The van der Waals surface area contributed by atoms with Gasteiger partial charge in [0.05, 0.1) is 29.0 Å². The van der Waals surface area contributed by atoms with Crippen molar-refractivity contribution in [1.82, 2.24) is 15.1 Å². The molecule has 0 radical (unpaired) electrons. The molecule has 200 valence electrons. The third-order valence-electron chi connectivity index (χ3n) is 6.94. The Kier molecular flexibility index (Phi) is 6.56. The maximum Gasteiger partial charge on any atom is 0.235 e. The maximum atomic E-state index is 15.5. The van der Waals surface area contributed by atoms with Gasteiger partial charge in [0.25, 0.3) is 0 Å². The number of rotatable bonds is 6. The van der Waals surface area contributed by atoms with Crippen LogP contribution in [0.2, 0.25) is 0 Å². The molecule has 3 aromatic carbocycles. The first-order valence-electron chi connectivity index (χ1n) is 12.7. The summed E-state index contributed by atoms with van der Waals surface area (Å²) < 4.78 is 53.8. The zero-order valence-electron chi connectivity index (χ0n) is 21.0. The van der Waals surface area contributed by atoms with Gasteiger partial charge >= 0.3 is 0 Å². The molecule has 0 saturated carbocycles. The minimum Gasteiger partial charge on any atom is -0.486 e. The van der Waals surface area contributed by atoms with Gasteiger partial charge in [0, 0.05) is 11.6 Å². The number of carbonyl (C=O) groups excluding carboxylic acids is 1. The predicted molar refractivity (Wildman–Crippen MR) is 145 cm³/mol. The summed E-state index contributed by atoms with van der Waals surface area (Å²) in [4.78, 5) is 12.5. The Morgan fingerprint density at radius 3 is 2.62 bits per heavy atom. The molecule has 4 aromatic rings. The highest BCUT2D eigenvalue weighted by molar-refractivity contribution is 7.92. The second-order valence-corrected chi connectivity index (χ2v) is 11.5. The lowest BCUT2D eigenvalue weighted by Crippen LogP contribution is -2.31. The van der Waals surface area contributed by atoms with E-state index in [0.29, 0.717) is 42.4 Å². The van der Waals surface area contributed by atoms with Gasteiger partial charge in [0.2, 0.25) is 5.91 Å². The average molecular weight is 548 g/mol. The van der Waals surface area contributed by atoms with E-state index in [1.54, 1.807) is 10.9 Å². The number of aryl methyl sites for hydroxylation is 1. The molecular weight excluding hydrogens is 521 g/mol. The second kappa shape index (κ2) is 10.2. The van der Waals surface area contributed by atoms with Gasteiger partial charge in [0.1, 0.15) is 24.8 Å². The van der Waals surface area contributed by atoms with Crippen LogP contribution in [0.1, 0.15) is 24.1 Å². The molecule has 1 aliphatic carbocycles. The average Bonchev–Trinajstić information content (AvgIpc) is 3.39. The van der Waals surface area contributed by atoms with Crippen molar-refractivity contribution in [1.29, 1.82) is 0 Å². The fourth-order valence-corrected chi connectivity index (χ4v) is 6.21. The number of nitrogens with zero attached hydrogens (tertiary/aromatic N) is 2. The van der Waals surface area contributed by atoms with Crippen LogP contribution in [0.3, 0.4) is 0 Å². The molecule has 6 rings (SSSR count). The SMILES string of the molecule is O=C(CS(=O)(=O)c1ccc2c(c1)OCCO2)NC/C(F)=C1\CCCc2cnn(-c3ccc4ccccc4c3)c21. The molecule has 0 atom stereocenters. The number of ether oxygens (including phenoxy) is 2. The quantitative estimate of drug-likeness (QED) is 0.384. The Labute approximate surface area is 225 Å². The van der Waals surface area contributed by atoms with Crippen LogP contribution < -0.4 is 14.8 Å². The van der Waals surface area contributed by atoms with E-state index in [4.69, 9.17) is 9.47 Å². The number of aromatic nitrogens is 2. The number of hydrogen-bond donors (Lipinski definition) is 1. The van der Waals surface area contributed by atoms with E-state index in [2.05, 4.69) is 10.4 Å². The van der Waals surface area contributed by atoms with Gasteiger partial charge in [0.15, 0.2) is 21.3 Å². The Morgan fingerprint density at radius 2 is 1.77 bits per heavy atom. The number of sulfone groups is 1. The van der Waals surface area contributed by atoms with Crippen LogP contribution in [-0.4, -0.2) is 49.6 Å². The fraction of sp³-hybridized carbons (Fsp3) is 0.241. The van der Waals surface area contributed by atoms with Crippen molar-refractivity contribution in [2.24, 2.45) is 0 Å². The monoisotopic (exact) mass is 547 g/mol. The minimum atomic E-state index is -3.97. The highest BCUT2D eigenvalue weighted by Gasteiger charge is 2.26. The summed E-state index contributed by atoms with van der Waals surface area (Å²) in [6.07, 6.45) is 3.78. The zero-order chi connectivity index (χ0) is 27.0. The van der Waals surface area contributed by atoms with E-state index < -0.39 is 33.9 Å². The van der Waals surface area contributed by atoms with Crippen LogP contribution in [0.5, 0.6) is 11.5 Å². The van der Waals surface area contributed by atoms with Gasteiger partial charge in [-0.15, -0.1) is 0 Å². The highest BCUT2D eigenvalue weighted by atomic mass is 32.2. The summed E-state index contributed by atoms with van der Waals surface area (Å²) in [6.45, 7) is 0.284. The summed E-state index contributed by atoms with van der Waals surface area (Å²) in [5.74, 6) is -1.35. The summed E-state index contributed by atoms with van der Waals surface area (Å²) in [5.41, 5.74) is 2.91. The number of fused-ring (bicyclic) bond motifs is 3. The summed E-state index contributed by atoms with van der Waals surface area (Å²) >= 11 is 0. The number of amides is 1. The second-order valence-electron chi connectivity index (χ2n) is 9.54. The number of halogens is 1. The van der Waals surface area contributed by atoms with E-state index in [1.807, 2.05) is 42.5 Å². The molecule has 1 aromatic heterocycles. The van der Waals surface area contributed by atoms with Gasteiger partial charge in [-0.2, -0.15) is 5.10 Å². The summed E-state index contributed by atoms with van der Waals surface area (Å²) in [6, 6.07) is 18.2. The Hall–Kier alpha value is -4.18. The molecule has 2 heterocycles. The van der Waals surface area contributed by atoms with Crippen molar-refractivity contribution in [2.75, 3.05) is 25.5 Å². The maximum absolute atomic E-state index is 15.5. The van der Waals surface area contributed by atoms with Crippen LogP contribution in [0.4, 0.5) is 4.39 Å². The van der Waals surface area contributed by atoms with Crippen LogP contribution in [0.15, 0.2) is 77.6 Å². The first-order valence-corrected chi connectivity index (χ1v) is 14.4. The fourth-order valence-electron chi connectivity index (χ4n) is 5.04. The number of benzene rings is 3. The van der Waals surface area contributed by atoms with Crippen molar-refractivity contribution in [3.63, 3.8) is 0 Å². The lowest BCUT2D eigenvalue weighted by Gasteiger charge is -2.19. The molecule has 0 fully saturated rings. The van der Waals surface area contributed by atoms with Crippen LogP contribution in [-0.2, 0) is 21.1 Å². The number of allylic oxidation sites excluding steroid dienone is 1. The van der Waals surface area contributed by atoms with Gasteiger partial charge in [-0.3, -0.25) is 4.79 Å². The third kappa shape index (κ3) is 4.99. The van der Waals surface area contributed by atoms with Crippen LogP contribution in [0, 0.1) is 0 Å². The molecule has 39 heavy (non-hydrogen) atoms. The van der Waals surface area contributed by atoms with E-state index in [9.17, 15) is 13.2 Å². The van der Waals surface area contributed by atoms with E-state index in [0.717, 1.165) is 34.9 Å². The van der Waals surface area contributed by atoms with Crippen molar-refractivity contribution in [2.45, 2.75) is 24.2 Å². The van der Waals surface area contributed by atoms with E-state index in [1.165, 1.54) is 18.2 Å². The van der Waals surface area contributed by atoms with Gasteiger partial charge in [-0.1, -0.05) is 30.3 Å². The molecule has 8 nitrogen and oxygen atoms in total. The van der Waals surface area contributed by atoms with Gasteiger partial charge in [-0.05, 0) is 59.9 Å². The lowest BCUT2D eigenvalue weighted by atomic mass is 9.92. The molecular formula is C29H26FN3O5S. The number of carbonyl (C=O) groups is 1. The lowest BCUT2D eigenvalue weighted by molar-refractivity contribution is -0.118. The van der Waals surface area contributed by atoms with Crippen LogP contribution >= 0.6 is 0 Å². The highest BCUT2D eigenvalue weighted by Crippen LogP contribution is 2.36. The Morgan fingerprint density at radius 1 is 0.974 bits per heavy atom. The summed E-state index contributed by atoms with van der Waals surface area (Å²) in [5, 5.41) is 9.13. The van der Waals surface area contributed by atoms with Crippen molar-refractivity contribution in [3.8, 4) is 17.2 Å². The molecule has 0 unspecified atom stereocenters. The zero-order valence-corrected chi connectivity index (χ0v) is 21.8. The normalized spacial score (nSPS) is 16.0. The molecule has 1 N–H and O–H groups in total. The molecule has 1 aliphatic heterocycles. The first-order chi connectivity index (χ1) is 18.9. The Bertz CT molecular complexity index is 1730. The minimum absolute atomic E-state index is 0.0584. The molecule has 2 aliphatic rings.